The lowest BCUT2D eigenvalue weighted by atomic mass is 9.92. The van der Waals surface area contributed by atoms with Crippen molar-refractivity contribution in [2.45, 2.75) is 98.3 Å². The lowest BCUT2D eigenvalue weighted by Gasteiger charge is -2.14. The molecule has 0 N–H and O–H groups in total. The molecule has 17 heavy (non-hydrogen) atoms. The van der Waals surface area contributed by atoms with Crippen LogP contribution in [-0.2, 0) is 0 Å². The minimum absolute atomic E-state index is 0.897. The Kier molecular flexibility index (Phi) is 12.5. The van der Waals surface area contributed by atoms with Gasteiger partial charge < -0.3 is 0 Å². The summed E-state index contributed by atoms with van der Waals surface area (Å²) in [6, 6.07) is 0. The molecule has 0 radical (unpaired) electrons. The molecule has 0 heterocycles. The van der Waals surface area contributed by atoms with Crippen LogP contribution < -0.4 is 0 Å². The van der Waals surface area contributed by atoms with Crippen molar-refractivity contribution in [2.75, 3.05) is 0 Å². The molecule has 0 aliphatic rings. The molecule has 0 rings (SSSR count). The van der Waals surface area contributed by atoms with Crippen molar-refractivity contribution in [3.8, 4) is 0 Å². The van der Waals surface area contributed by atoms with E-state index < -0.39 is 0 Å². The van der Waals surface area contributed by atoms with Gasteiger partial charge in [-0.15, -0.1) is 0 Å². The third kappa shape index (κ3) is 12.2. The molecule has 0 unspecified atom stereocenters. The largest absolute Gasteiger partial charge is 0.0654 e. The third-order valence-corrected chi connectivity index (χ3v) is 3.79. The summed E-state index contributed by atoms with van der Waals surface area (Å²) in [6.07, 6.45) is 15.9. The highest BCUT2D eigenvalue weighted by Gasteiger charge is 2.05. The second-order valence-corrected chi connectivity index (χ2v) is 6.18. The summed E-state index contributed by atoms with van der Waals surface area (Å²) in [5.74, 6) is 1.93. The van der Waals surface area contributed by atoms with E-state index in [1.165, 1.54) is 70.6 Å². The molecule has 0 bridgehead atoms. The van der Waals surface area contributed by atoms with E-state index in [-0.39, 0.29) is 0 Å². The highest BCUT2D eigenvalue weighted by atomic mass is 14.1. The van der Waals surface area contributed by atoms with Crippen molar-refractivity contribution < 1.29 is 0 Å². The Bertz CT molecular complexity index is 131. The molecule has 0 amide bonds. The fourth-order valence-electron chi connectivity index (χ4n) is 2.77. The van der Waals surface area contributed by atoms with Crippen molar-refractivity contribution in [2.24, 2.45) is 11.8 Å². The standard InChI is InChI=1S/C17H36/c1-5-12-17(13-6-2)15-11-9-7-8-10-14-16(3)4/h16-17H,5-15H2,1-4H3. The van der Waals surface area contributed by atoms with Gasteiger partial charge >= 0.3 is 0 Å². The van der Waals surface area contributed by atoms with Crippen LogP contribution in [0.2, 0.25) is 0 Å². The molecule has 0 aliphatic heterocycles. The molecule has 0 aliphatic carbocycles. The highest BCUT2D eigenvalue weighted by molar-refractivity contribution is 4.59. The molecular formula is C17H36. The van der Waals surface area contributed by atoms with Gasteiger partial charge in [0.05, 0.1) is 0 Å². The number of hydrogen-bond donors (Lipinski definition) is 0. The van der Waals surface area contributed by atoms with Gasteiger partial charge in [-0.25, -0.2) is 0 Å². The maximum absolute atomic E-state index is 2.33. The van der Waals surface area contributed by atoms with E-state index in [4.69, 9.17) is 0 Å². The second kappa shape index (κ2) is 12.5. The van der Waals surface area contributed by atoms with Crippen molar-refractivity contribution in [1.82, 2.24) is 0 Å². The maximum Gasteiger partial charge on any atom is -0.0414 e. The molecule has 0 heteroatoms. The highest BCUT2D eigenvalue weighted by Crippen LogP contribution is 2.21. The maximum atomic E-state index is 2.33. The van der Waals surface area contributed by atoms with E-state index >= 15 is 0 Å². The van der Waals surface area contributed by atoms with E-state index in [1.807, 2.05) is 0 Å². The fourth-order valence-corrected chi connectivity index (χ4v) is 2.77. The van der Waals surface area contributed by atoms with Crippen LogP contribution in [0, 0.1) is 11.8 Å². The molecular weight excluding hydrogens is 204 g/mol. The van der Waals surface area contributed by atoms with Crippen LogP contribution in [0.25, 0.3) is 0 Å². The molecule has 0 saturated heterocycles. The van der Waals surface area contributed by atoms with Crippen LogP contribution in [0.15, 0.2) is 0 Å². The van der Waals surface area contributed by atoms with Crippen LogP contribution in [0.3, 0.4) is 0 Å². The number of unbranched alkanes of at least 4 members (excludes halogenated alkanes) is 4. The summed E-state index contributed by atoms with van der Waals surface area (Å²) in [4.78, 5) is 0. The topological polar surface area (TPSA) is 0 Å². The van der Waals surface area contributed by atoms with Crippen LogP contribution in [-0.4, -0.2) is 0 Å². The number of hydrogen-bond acceptors (Lipinski definition) is 0. The minimum atomic E-state index is 0.897. The van der Waals surface area contributed by atoms with Gasteiger partial charge in [0.2, 0.25) is 0 Å². The first-order valence-corrected chi connectivity index (χ1v) is 8.20. The Balaban J connectivity index is 3.29. The minimum Gasteiger partial charge on any atom is -0.0654 e. The molecule has 0 aromatic carbocycles. The predicted molar refractivity (Wildman–Crippen MR) is 80.5 cm³/mol. The molecule has 0 spiro atoms. The molecule has 0 nitrogen and oxygen atoms in total. The average Bonchev–Trinajstić information content (AvgIpc) is 2.28. The SMILES string of the molecule is CCCC(CCC)CCCCCCCC(C)C. The third-order valence-electron chi connectivity index (χ3n) is 3.79. The van der Waals surface area contributed by atoms with Crippen molar-refractivity contribution >= 4 is 0 Å². The normalized spacial score (nSPS) is 11.6. The summed E-state index contributed by atoms with van der Waals surface area (Å²) >= 11 is 0. The molecule has 0 saturated carbocycles. The van der Waals surface area contributed by atoms with Crippen molar-refractivity contribution in [3.05, 3.63) is 0 Å². The zero-order valence-corrected chi connectivity index (χ0v) is 12.9. The molecule has 0 aromatic rings. The van der Waals surface area contributed by atoms with E-state index in [0.29, 0.717) is 0 Å². The Hall–Kier alpha value is 0. The van der Waals surface area contributed by atoms with Crippen LogP contribution in [0.1, 0.15) is 98.3 Å². The Morgan fingerprint density at radius 2 is 1.06 bits per heavy atom. The van der Waals surface area contributed by atoms with Crippen molar-refractivity contribution in [1.29, 1.82) is 0 Å². The fraction of sp³-hybridized carbons (Fsp3) is 1.00. The van der Waals surface area contributed by atoms with E-state index in [2.05, 4.69) is 27.7 Å². The lowest BCUT2D eigenvalue weighted by molar-refractivity contribution is 0.389. The van der Waals surface area contributed by atoms with E-state index in [0.717, 1.165) is 11.8 Å². The summed E-state index contributed by atoms with van der Waals surface area (Å²) < 4.78 is 0. The van der Waals surface area contributed by atoms with Gasteiger partial charge in [0.15, 0.2) is 0 Å². The monoisotopic (exact) mass is 240 g/mol. The van der Waals surface area contributed by atoms with Gasteiger partial charge in [0.1, 0.15) is 0 Å². The second-order valence-electron chi connectivity index (χ2n) is 6.18. The van der Waals surface area contributed by atoms with E-state index in [1.54, 1.807) is 0 Å². The van der Waals surface area contributed by atoms with Crippen LogP contribution in [0.5, 0.6) is 0 Å². The summed E-state index contributed by atoms with van der Waals surface area (Å²) in [5.41, 5.74) is 0. The zero-order valence-electron chi connectivity index (χ0n) is 12.9. The summed E-state index contributed by atoms with van der Waals surface area (Å²) in [7, 11) is 0. The molecule has 0 atom stereocenters. The van der Waals surface area contributed by atoms with Gasteiger partial charge in [-0.1, -0.05) is 98.3 Å². The molecule has 0 fully saturated rings. The van der Waals surface area contributed by atoms with Gasteiger partial charge in [-0.3, -0.25) is 0 Å². The first kappa shape index (κ1) is 17.0. The Morgan fingerprint density at radius 3 is 1.53 bits per heavy atom. The summed E-state index contributed by atoms with van der Waals surface area (Å²) in [6.45, 7) is 9.32. The summed E-state index contributed by atoms with van der Waals surface area (Å²) in [5, 5.41) is 0. The number of rotatable bonds is 12. The lowest BCUT2D eigenvalue weighted by Crippen LogP contribution is -1.99. The molecule has 104 valence electrons. The Labute approximate surface area is 111 Å². The zero-order chi connectivity index (χ0) is 12.9. The average molecular weight is 240 g/mol. The van der Waals surface area contributed by atoms with E-state index in [9.17, 15) is 0 Å². The smallest absolute Gasteiger partial charge is 0.0414 e. The Morgan fingerprint density at radius 1 is 0.588 bits per heavy atom. The van der Waals surface area contributed by atoms with Gasteiger partial charge in [-0.05, 0) is 11.8 Å². The van der Waals surface area contributed by atoms with Gasteiger partial charge in [-0.2, -0.15) is 0 Å². The quantitative estimate of drug-likeness (QED) is 0.338. The van der Waals surface area contributed by atoms with Crippen molar-refractivity contribution in [3.63, 3.8) is 0 Å². The van der Waals surface area contributed by atoms with Gasteiger partial charge in [0.25, 0.3) is 0 Å². The van der Waals surface area contributed by atoms with Crippen LogP contribution >= 0.6 is 0 Å². The first-order valence-electron chi connectivity index (χ1n) is 8.20. The molecule has 0 aromatic heterocycles. The first-order chi connectivity index (χ1) is 8.20. The predicted octanol–water partition coefficient (Wildman–Crippen LogP) is 6.59. The van der Waals surface area contributed by atoms with Crippen LogP contribution in [0.4, 0.5) is 0 Å². The van der Waals surface area contributed by atoms with Gasteiger partial charge in [0, 0.05) is 0 Å².